The van der Waals surface area contributed by atoms with Crippen molar-refractivity contribution < 1.29 is 4.79 Å². The van der Waals surface area contributed by atoms with E-state index in [1.165, 1.54) is 11.3 Å². The van der Waals surface area contributed by atoms with Crippen LogP contribution in [-0.2, 0) is 0 Å². The van der Waals surface area contributed by atoms with Gasteiger partial charge < -0.3 is 11.1 Å². The number of aryl methyl sites for hydroxylation is 1. The highest BCUT2D eigenvalue weighted by Crippen LogP contribution is 2.30. The maximum Gasteiger partial charge on any atom is 0.267 e. The summed E-state index contributed by atoms with van der Waals surface area (Å²) >= 11 is 4.42. The van der Waals surface area contributed by atoms with Crippen LogP contribution in [0.15, 0.2) is 22.5 Å². The minimum absolute atomic E-state index is 0.185. The minimum Gasteiger partial charge on any atom is -0.375 e. The molecule has 3 aromatic rings. The lowest BCUT2D eigenvalue weighted by Crippen LogP contribution is -2.11. The number of thioether (sulfide) groups is 1. The van der Waals surface area contributed by atoms with E-state index in [1.54, 1.807) is 30.0 Å². The lowest BCUT2D eigenvalue weighted by atomic mass is 10.3. The molecule has 2 heterocycles. The van der Waals surface area contributed by atoms with Gasteiger partial charge in [-0.15, -0.1) is 11.3 Å². The summed E-state index contributed by atoms with van der Waals surface area (Å²) in [6, 6.07) is 5.70. The van der Waals surface area contributed by atoms with E-state index in [2.05, 4.69) is 15.3 Å². The first-order valence-corrected chi connectivity index (χ1v) is 8.91. The molecule has 3 rings (SSSR count). The summed E-state index contributed by atoms with van der Waals surface area (Å²) in [5.41, 5.74) is 7.96. The van der Waals surface area contributed by atoms with Crippen molar-refractivity contribution in [3.63, 3.8) is 0 Å². The minimum atomic E-state index is -0.185. The quantitative estimate of drug-likeness (QED) is 0.714. The van der Waals surface area contributed by atoms with Gasteiger partial charge in [0.05, 0.1) is 15.9 Å². The van der Waals surface area contributed by atoms with Crippen LogP contribution in [0, 0.1) is 6.92 Å². The molecule has 1 aromatic carbocycles. The molecule has 0 unspecified atom stereocenters. The first-order valence-electron chi connectivity index (χ1n) is 6.05. The van der Waals surface area contributed by atoms with Gasteiger partial charge >= 0.3 is 0 Å². The maximum atomic E-state index is 12.2. The fraction of sp³-hybridized carbons (Fsp3) is 0.154. The highest BCUT2D eigenvalue weighted by Gasteiger charge is 2.14. The highest BCUT2D eigenvalue weighted by atomic mass is 32.2. The third-order valence-corrected chi connectivity index (χ3v) is 5.81. The summed E-state index contributed by atoms with van der Waals surface area (Å²) in [5.74, 6) is -0.185. The van der Waals surface area contributed by atoms with E-state index in [0.717, 1.165) is 20.2 Å². The van der Waals surface area contributed by atoms with E-state index in [-0.39, 0.29) is 5.91 Å². The number of carbonyl (C=O) groups is 1. The van der Waals surface area contributed by atoms with Gasteiger partial charge in [0.1, 0.15) is 4.88 Å². The van der Waals surface area contributed by atoms with Crippen molar-refractivity contribution >= 4 is 61.4 Å². The van der Waals surface area contributed by atoms with E-state index < -0.39 is 0 Å². The number of hydrogen-bond acceptors (Lipinski definition) is 7. The number of carbonyl (C=O) groups excluding carboxylic acids is 1. The van der Waals surface area contributed by atoms with Gasteiger partial charge in [-0.05, 0) is 31.4 Å². The lowest BCUT2D eigenvalue weighted by Gasteiger charge is -2.03. The van der Waals surface area contributed by atoms with Crippen molar-refractivity contribution in [2.45, 2.75) is 11.3 Å². The summed E-state index contributed by atoms with van der Waals surface area (Å²) in [6.45, 7) is 1.78. The normalized spacial score (nSPS) is 11.0. The molecule has 1 amide bonds. The molecule has 0 saturated carbocycles. The van der Waals surface area contributed by atoms with Crippen LogP contribution in [0.4, 0.5) is 10.8 Å². The molecular weight excluding hydrogens is 324 g/mol. The van der Waals surface area contributed by atoms with Crippen LogP contribution < -0.4 is 11.1 Å². The Labute approximate surface area is 133 Å². The van der Waals surface area contributed by atoms with Crippen LogP contribution in [0.3, 0.4) is 0 Å². The number of nitrogen functional groups attached to an aromatic ring is 1. The summed E-state index contributed by atoms with van der Waals surface area (Å²) in [7, 11) is 0. The molecule has 5 nitrogen and oxygen atoms in total. The van der Waals surface area contributed by atoms with Crippen molar-refractivity contribution in [2.75, 3.05) is 17.3 Å². The number of hydrogen-bond donors (Lipinski definition) is 2. The Morgan fingerprint density at radius 2 is 2.14 bits per heavy atom. The Morgan fingerprint density at radius 1 is 1.33 bits per heavy atom. The van der Waals surface area contributed by atoms with Crippen molar-refractivity contribution in [3.05, 3.63) is 28.8 Å². The molecule has 0 saturated heterocycles. The number of rotatable bonds is 3. The van der Waals surface area contributed by atoms with Gasteiger partial charge in [-0.2, -0.15) is 0 Å². The molecule has 0 fully saturated rings. The average Bonchev–Trinajstić information content (AvgIpc) is 3.00. The maximum absolute atomic E-state index is 12.2. The molecular formula is C13H12N4OS3. The second-order valence-corrected chi connectivity index (χ2v) is 7.40. The topological polar surface area (TPSA) is 80.9 Å². The average molecular weight is 336 g/mol. The van der Waals surface area contributed by atoms with Crippen molar-refractivity contribution in [3.8, 4) is 0 Å². The van der Waals surface area contributed by atoms with Gasteiger partial charge in [0.2, 0.25) is 0 Å². The van der Waals surface area contributed by atoms with Gasteiger partial charge in [0, 0.05) is 5.69 Å². The molecule has 0 aliphatic heterocycles. The van der Waals surface area contributed by atoms with E-state index in [4.69, 9.17) is 5.73 Å². The SMILES string of the molecule is CSc1nc2ccc(NC(=O)c3sc(N)nc3C)cc2s1. The van der Waals surface area contributed by atoms with E-state index >= 15 is 0 Å². The molecule has 0 spiro atoms. The van der Waals surface area contributed by atoms with Crippen LogP contribution in [-0.4, -0.2) is 22.1 Å². The van der Waals surface area contributed by atoms with Gasteiger partial charge in [-0.3, -0.25) is 4.79 Å². The summed E-state index contributed by atoms with van der Waals surface area (Å²) < 4.78 is 2.07. The molecule has 0 aliphatic carbocycles. The first-order chi connectivity index (χ1) is 10.1. The molecule has 8 heteroatoms. The van der Waals surface area contributed by atoms with E-state index in [9.17, 15) is 4.79 Å². The van der Waals surface area contributed by atoms with Gasteiger partial charge in [0.25, 0.3) is 5.91 Å². The van der Waals surface area contributed by atoms with Crippen LogP contribution in [0.2, 0.25) is 0 Å². The van der Waals surface area contributed by atoms with Crippen LogP contribution in [0.1, 0.15) is 15.4 Å². The third-order valence-electron chi connectivity index (χ3n) is 2.82. The van der Waals surface area contributed by atoms with Gasteiger partial charge in [-0.25, -0.2) is 9.97 Å². The van der Waals surface area contributed by atoms with Gasteiger partial charge in [0.15, 0.2) is 9.47 Å². The largest absolute Gasteiger partial charge is 0.375 e. The second kappa shape index (κ2) is 5.63. The fourth-order valence-corrected chi connectivity index (χ4v) is 4.14. The summed E-state index contributed by atoms with van der Waals surface area (Å²) in [5, 5.41) is 3.28. The monoisotopic (exact) mass is 336 g/mol. The predicted molar refractivity (Wildman–Crippen MR) is 90.6 cm³/mol. The van der Waals surface area contributed by atoms with Crippen molar-refractivity contribution in [1.82, 2.24) is 9.97 Å². The molecule has 0 aliphatic rings. The van der Waals surface area contributed by atoms with Crippen LogP contribution in [0.5, 0.6) is 0 Å². The number of nitrogens with two attached hydrogens (primary N) is 1. The zero-order valence-electron chi connectivity index (χ0n) is 11.3. The number of nitrogens with one attached hydrogen (secondary N) is 1. The number of fused-ring (bicyclic) bond motifs is 1. The number of thiazole rings is 2. The molecule has 0 atom stereocenters. The summed E-state index contributed by atoms with van der Waals surface area (Å²) in [6.07, 6.45) is 2.00. The molecule has 0 radical (unpaired) electrons. The third kappa shape index (κ3) is 2.87. The van der Waals surface area contributed by atoms with Crippen molar-refractivity contribution in [1.29, 1.82) is 0 Å². The predicted octanol–water partition coefficient (Wildman–Crippen LogP) is 3.62. The molecule has 3 N–H and O–H groups in total. The molecule has 0 bridgehead atoms. The van der Waals surface area contributed by atoms with Crippen LogP contribution >= 0.6 is 34.4 Å². The Kier molecular flexibility index (Phi) is 3.83. The number of benzene rings is 1. The molecule has 2 aromatic heterocycles. The zero-order valence-corrected chi connectivity index (χ0v) is 13.8. The number of aromatic nitrogens is 2. The summed E-state index contributed by atoms with van der Waals surface area (Å²) in [4.78, 5) is 21.3. The second-order valence-electron chi connectivity index (χ2n) is 4.29. The van der Waals surface area contributed by atoms with Crippen LogP contribution in [0.25, 0.3) is 10.2 Å². The fourth-order valence-electron chi connectivity index (χ4n) is 1.88. The Morgan fingerprint density at radius 3 is 2.81 bits per heavy atom. The first kappa shape index (κ1) is 14.3. The number of nitrogens with zero attached hydrogens (tertiary/aromatic N) is 2. The number of amides is 1. The lowest BCUT2D eigenvalue weighted by molar-refractivity contribution is 0.103. The Bertz CT molecular complexity index is 824. The van der Waals surface area contributed by atoms with E-state index in [0.29, 0.717) is 15.7 Å². The standard InChI is InChI=1S/C13H12N4OS3/c1-6-10(21-12(14)15-6)11(18)16-7-3-4-8-9(5-7)20-13(17-8)19-2/h3-5H,1-2H3,(H2,14,15)(H,16,18). The van der Waals surface area contributed by atoms with Gasteiger partial charge in [-0.1, -0.05) is 23.1 Å². The Hall–Kier alpha value is -1.64. The Balaban J connectivity index is 1.87. The number of anilines is 2. The molecule has 21 heavy (non-hydrogen) atoms. The smallest absolute Gasteiger partial charge is 0.267 e. The molecule has 108 valence electrons. The highest BCUT2D eigenvalue weighted by molar-refractivity contribution is 8.00. The van der Waals surface area contributed by atoms with Crippen molar-refractivity contribution in [2.24, 2.45) is 0 Å². The zero-order chi connectivity index (χ0) is 15.0. The van der Waals surface area contributed by atoms with E-state index in [1.807, 2.05) is 24.5 Å².